The van der Waals surface area contributed by atoms with Crippen LogP contribution in [-0.4, -0.2) is 42.4 Å². The van der Waals surface area contributed by atoms with Crippen molar-refractivity contribution in [3.63, 3.8) is 0 Å². The molecule has 6 aromatic rings. The number of aromatic nitrogens is 6. The van der Waals surface area contributed by atoms with Gasteiger partial charge in [-0.05, 0) is 36.8 Å². The molecule has 0 aliphatic carbocycles. The number of thiazole rings is 2. The van der Waals surface area contributed by atoms with Crippen LogP contribution in [0.4, 0.5) is 5.95 Å². The Morgan fingerprint density at radius 2 is 1.21 bits per heavy atom. The van der Waals surface area contributed by atoms with Crippen molar-refractivity contribution in [1.29, 1.82) is 0 Å². The maximum Gasteiger partial charge on any atom is 0.366 e. The van der Waals surface area contributed by atoms with Crippen molar-refractivity contribution < 1.29 is 19.3 Å². The Morgan fingerprint density at radius 1 is 0.679 bits per heavy atom. The quantitative estimate of drug-likeness (QED) is 0.175. The molecule has 2 N–H and O–H groups in total. The van der Waals surface area contributed by atoms with Gasteiger partial charge in [0.1, 0.15) is 17.6 Å². The van der Waals surface area contributed by atoms with Crippen molar-refractivity contribution >= 4 is 51.8 Å². The Labute approximate surface area is 342 Å². The maximum atomic E-state index is 13.6. The van der Waals surface area contributed by atoms with E-state index >= 15 is 0 Å². The third kappa shape index (κ3) is 6.71. The fourth-order valence-electron chi connectivity index (χ4n) is 8.72. The Hall–Kier alpha value is -4.56. The van der Waals surface area contributed by atoms with Crippen molar-refractivity contribution in [2.45, 2.75) is 83.5 Å². The fraction of sp³-hybridized carbons (Fsp3) is 0.366. The van der Waals surface area contributed by atoms with Gasteiger partial charge in [-0.1, -0.05) is 97.7 Å². The number of halogens is 2. The van der Waals surface area contributed by atoms with Gasteiger partial charge in [-0.25, -0.2) is 19.6 Å². The second-order valence-corrected chi connectivity index (χ2v) is 17.3. The molecule has 0 fully saturated rings. The lowest BCUT2D eigenvalue weighted by Gasteiger charge is -2.34. The molecule has 10 rings (SSSR count). The van der Waals surface area contributed by atoms with Gasteiger partial charge in [0.2, 0.25) is 0 Å². The Bertz CT molecular complexity index is 2330. The SMILES string of the molecule is CC.O=c1c(-c2ccccc2)c(O)[n+]2c3n1C(c1cnc(Cl)s1)CCC3CCC2.O=c1c(-c2ccccc2)c(O)[n+]2c3n1C(c1cnc(Cl)s1)CCN3CCC2. The van der Waals surface area contributed by atoms with Gasteiger partial charge in [0.05, 0.1) is 41.9 Å². The lowest BCUT2D eigenvalue weighted by atomic mass is 9.87. The number of hydrogen-bond donors (Lipinski definition) is 2. The molecule has 8 heterocycles. The summed E-state index contributed by atoms with van der Waals surface area (Å²) in [6.07, 6.45) is 9.24. The van der Waals surface area contributed by atoms with E-state index in [1.165, 1.54) is 22.7 Å². The average Bonchev–Trinajstić information content (AvgIpc) is 3.88. The molecule has 0 saturated carbocycles. The molecule has 4 aliphatic heterocycles. The zero-order valence-corrected chi connectivity index (χ0v) is 34.3. The third-order valence-corrected chi connectivity index (χ3v) is 13.5. The second-order valence-electron chi connectivity index (χ2n) is 14.0. The summed E-state index contributed by atoms with van der Waals surface area (Å²) in [6, 6.07) is 18.6. The molecule has 0 amide bonds. The van der Waals surface area contributed by atoms with E-state index < -0.39 is 0 Å². The largest absolute Gasteiger partial charge is 0.483 e. The highest BCUT2D eigenvalue weighted by Gasteiger charge is 2.44. The summed E-state index contributed by atoms with van der Waals surface area (Å²) in [7, 11) is 0. The highest BCUT2D eigenvalue weighted by molar-refractivity contribution is 7.16. The molecule has 3 unspecified atom stereocenters. The van der Waals surface area contributed by atoms with Crippen molar-refractivity contribution in [3.8, 4) is 34.0 Å². The first-order valence-electron chi connectivity index (χ1n) is 19.2. The standard InChI is InChI=1S/C20H18ClN3O2S.C19H17ClN4O2S.C2H6/c21-20-22-11-15(27-20)14-9-8-13-7-4-10-23-17(13)24(14)19(26)16(18(23)25)12-5-2-1-3-6-12;20-18-21-11-14(27-18)13-7-10-22-8-4-9-23-16(25)15(12-5-2-1-3-6-12)17(26)24(13)19(22)23;1-2/h1-3,5-6,11,13-14H,4,7-10H2;1-3,5-6,11,13H,4,7-10H2;1-2H3/p+2. The topological polar surface area (TPSA) is 121 Å². The van der Waals surface area contributed by atoms with E-state index in [1.54, 1.807) is 12.4 Å². The van der Waals surface area contributed by atoms with E-state index in [4.69, 9.17) is 23.2 Å². The van der Waals surface area contributed by atoms with Crippen LogP contribution in [0.25, 0.3) is 22.3 Å². The molecule has 290 valence electrons. The minimum atomic E-state index is -0.175. The minimum Gasteiger partial charge on any atom is -0.483 e. The summed E-state index contributed by atoms with van der Waals surface area (Å²) in [5.41, 5.74) is 1.89. The summed E-state index contributed by atoms with van der Waals surface area (Å²) in [6.45, 7) is 7.14. The van der Waals surface area contributed by atoms with Crippen LogP contribution >= 0.6 is 45.9 Å². The van der Waals surface area contributed by atoms with E-state index in [-0.39, 0.29) is 35.0 Å². The van der Waals surface area contributed by atoms with Crippen LogP contribution in [0.3, 0.4) is 0 Å². The molecule has 11 nitrogen and oxygen atoms in total. The van der Waals surface area contributed by atoms with Gasteiger partial charge in [0, 0.05) is 25.2 Å². The van der Waals surface area contributed by atoms with E-state index in [2.05, 4.69) is 14.9 Å². The molecule has 3 atom stereocenters. The monoisotopic (exact) mass is 831 g/mol. The lowest BCUT2D eigenvalue weighted by Crippen LogP contribution is -2.56. The molecule has 0 bridgehead atoms. The summed E-state index contributed by atoms with van der Waals surface area (Å²) < 4.78 is 8.52. The number of nitrogens with zero attached hydrogens (tertiary/aromatic N) is 7. The minimum absolute atomic E-state index is 0.0464. The van der Waals surface area contributed by atoms with E-state index in [0.29, 0.717) is 32.5 Å². The van der Waals surface area contributed by atoms with Gasteiger partial charge in [-0.15, -0.1) is 22.7 Å². The van der Waals surface area contributed by atoms with Crippen LogP contribution in [0.5, 0.6) is 11.8 Å². The molecule has 4 aliphatic rings. The average molecular weight is 833 g/mol. The van der Waals surface area contributed by atoms with Gasteiger partial charge in [0.25, 0.3) is 17.6 Å². The van der Waals surface area contributed by atoms with Crippen LogP contribution < -0.4 is 25.2 Å². The molecule has 4 aromatic heterocycles. The zero-order valence-electron chi connectivity index (χ0n) is 31.1. The number of hydrogen-bond acceptors (Lipinski definition) is 9. The molecule has 0 radical (unpaired) electrons. The van der Waals surface area contributed by atoms with Crippen LogP contribution in [0.15, 0.2) is 82.6 Å². The predicted molar refractivity (Wildman–Crippen MR) is 221 cm³/mol. The van der Waals surface area contributed by atoms with Crippen molar-refractivity contribution in [2.24, 2.45) is 0 Å². The molecule has 0 saturated heterocycles. The Balaban J connectivity index is 0.000000151. The summed E-state index contributed by atoms with van der Waals surface area (Å²) >= 11 is 15.0. The molecule has 56 heavy (non-hydrogen) atoms. The number of anilines is 1. The zero-order chi connectivity index (χ0) is 39.1. The third-order valence-electron chi connectivity index (χ3n) is 11.1. The molecular weight excluding hydrogens is 790 g/mol. The first-order valence-corrected chi connectivity index (χ1v) is 21.6. The first-order chi connectivity index (χ1) is 27.3. The van der Waals surface area contributed by atoms with Crippen molar-refractivity contribution in [1.82, 2.24) is 19.1 Å². The Kier molecular flexibility index (Phi) is 11.0. The maximum absolute atomic E-state index is 13.6. The normalized spacial score (nSPS) is 19.1. The van der Waals surface area contributed by atoms with E-state index in [9.17, 15) is 19.8 Å². The predicted octanol–water partition coefficient (Wildman–Crippen LogP) is 7.73. The number of rotatable bonds is 4. The van der Waals surface area contributed by atoms with Gasteiger partial charge in [-0.3, -0.25) is 4.90 Å². The van der Waals surface area contributed by atoms with E-state index in [0.717, 1.165) is 90.8 Å². The van der Waals surface area contributed by atoms with Crippen LogP contribution in [-0.2, 0) is 13.1 Å². The summed E-state index contributed by atoms with van der Waals surface area (Å²) in [4.78, 5) is 39.7. The molecule has 0 spiro atoms. The van der Waals surface area contributed by atoms with Crippen LogP contribution in [0, 0.1) is 0 Å². The van der Waals surface area contributed by atoms with Crippen LogP contribution in [0.2, 0.25) is 8.93 Å². The molecule has 2 aromatic carbocycles. The van der Waals surface area contributed by atoms with Crippen LogP contribution in [0.1, 0.15) is 86.0 Å². The number of aromatic hydroxyl groups is 2. The van der Waals surface area contributed by atoms with Crippen molar-refractivity contribution in [3.05, 3.63) is 118 Å². The fourth-order valence-corrected chi connectivity index (χ4v) is 10.9. The van der Waals surface area contributed by atoms with Crippen molar-refractivity contribution in [2.75, 3.05) is 18.0 Å². The molecule has 15 heteroatoms. The lowest BCUT2D eigenvalue weighted by molar-refractivity contribution is -0.721. The smallest absolute Gasteiger partial charge is 0.366 e. The van der Waals surface area contributed by atoms with Gasteiger partial charge >= 0.3 is 17.1 Å². The first kappa shape index (κ1) is 38.3. The second kappa shape index (κ2) is 16.1. The summed E-state index contributed by atoms with van der Waals surface area (Å²) in [5.74, 6) is 2.17. The highest BCUT2D eigenvalue weighted by atomic mass is 35.5. The Morgan fingerprint density at radius 3 is 1.79 bits per heavy atom. The van der Waals surface area contributed by atoms with E-state index in [1.807, 2.05) is 92.8 Å². The van der Waals surface area contributed by atoms with Gasteiger partial charge in [0.15, 0.2) is 14.5 Å². The summed E-state index contributed by atoms with van der Waals surface area (Å²) in [5, 5.41) is 22.0. The van der Waals surface area contributed by atoms with Gasteiger partial charge < -0.3 is 10.2 Å². The number of benzene rings is 2. The van der Waals surface area contributed by atoms with Gasteiger partial charge in [-0.2, -0.15) is 18.3 Å². The highest BCUT2D eigenvalue weighted by Crippen LogP contribution is 2.42. The molecular formula is C41H43Cl2N7O4S2+2.